The number of anilines is 1. The van der Waals surface area contributed by atoms with Crippen molar-refractivity contribution in [3.05, 3.63) is 57.4 Å². The average Bonchev–Trinajstić information content (AvgIpc) is 2.61. The molecular formula is C19H20BrN3O3. The van der Waals surface area contributed by atoms with E-state index in [1.807, 2.05) is 24.3 Å². The number of hydrogen-bond acceptors (Lipinski definition) is 6. The summed E-state index contributed by atoms with van der Waals surface area (Å²) in [5.41, 5.74) is 15.4. The Kier molecular flexibility index (Phi) is 5.08. The Bertz CT molecular complexity index is 909. The number of nitrogens with zero attached hydrogens (tertiary/aromatic N) is 1. The number of nitrogen functional groups attached to an aromatic ring is 1. The summed E-state index contributed by atoms with van der Waals surface area (Å²) < 4.78 is 17.5. The third-order valence-corrected chi connectivity index (χ3v) is 4.81. The number of benzene rings is 2. The second-order valence-corrected chi connectivity index (χ2v) is 6.63. The topological polar surface area (TPSA) is 92.1 Å². The molecule has 1 atom stereocenters. The van der Waals surface area contributed by atoms with E-state index in [0.29, 0.717) is 28.8 Å². The number of rotatable bonds is 4. The number of allylic oxidation sites excluding steroid dienone is 1. The van der Waals surface area contributed by atoms with Gasteiger partial charge in [0.05, 0.1) is 18.7 Å². The lowest BCUT2D eigenvalue weighted by molar-refractivity contribution is 0.352. The van der Waals surface area contributed by atoms with Gasteiger partial charge in [0.1, 0.15) is 5.75 Å². The molecule has 0 spiro atoms. The molecule has 1 aliphatic heterocycles. The van der Waals surface area contributed by atoms with E-state index < -0.39 is 0 Å². The first-order chi connectivity index (χ1) is 12.5. The molecule has 7 heteroatoms. The van der Waals surface area contributed by atoms with Crippen molar-refractivity contribution in [2.75, 3.05) is 27.0 Å². The fraction of sp³-hybridized carbons (Fsp3) is 0.211. The molecule has 1 heterocycles. The second-order valence-electron chi connectivity index (χ2n) is 5.78. The zero-order valence-corrected chi connectivity index (χ0v) is 16.3. The summed E-state index contributed by atoms with van der Waals surface area (Å²) >= 11 is 3.55. The fourth-order valence-corrected chi connectivity index (χ4v) is 3.73. The van der Waals surface area contributed by atoms with Crippen LogP contribution in [-0.2, 0) is 0 Å². The van der Waals surface area contributed by atoms with Gasteiger partial charge in [-0.1, -0.05) is 6.07 Å². The highest BCUT2D eigenvalue weighted by molar-refractivity contribution is 9.10. The van der Waals surface area contributed by atoms with Crippen LogP contribution in [0.25, 0.3) is 0 Å². The summed E-state index contributed by atoms with van der Waals surface area (Å²) in [7, 11) is 4.90. The van der Waals surface area contributed by atoms with Crippen LogP contribution < -0.4 is 25.7 Å². The van der Waals surface area contributed by atoms with Gasteiger partial charge in [-0.3, -0.25) is 4.99 Å². The monoisotopic (exact) mass is 417 g/mol. The Balaban J connectivity index is 2.25. The second kappa shape index (κ2) is 7.29. The smallest absolute Gasteiger partial charge is 0.196 e. The van der Waals surface area contributed by atoms with E-state index in [-0.39, 0.29) is 5.92 Å². The molecule has 4 N–H and O–H groups in total. The Morgan fingerprint density at radius 3 is 2.58 bits per heavy atom. The number of ether oxygens (including phenoxy) is 3. The zero-order chi connectivity index (χ0) is 18.8. The van der Waals surface area contributed by atoms with Crippen molar-refractivity contribution in [1.82, 2.24) is 0 Å². The van der Waals surface area contributed by atoms with Crippen molar-refractivity contribution in [3.63, 3.8) is 0 Å². The van der Waals surface area contributed by atoms with E-state index in [1.54, 1.807) is 33.5 Å². The van der Waals surface area contributed by atoms with Gasteiger partial charge in [-0.25, -0.2) is 0 Å². The SMILES string of the molecule is CN=CC1=C(N)Oc2cc(N)ccc2C1c1cc(Br)c(OC)c(OC)c1. The Labute approximate surface area is 160 Å². The standard InChI is InChI=1S/C19H20BrN3O3/c1-23-9-13-17(10-6-14(20)18(25-3)16(7-10)24-2)12-5-4-11(21)8-15(12)26-19(13)22/h4-9,17H,21-22H2,1-3H3. The van der Waals surface area contributed by atoms with Gasteiger partial charge < -0.3 is 25.7 Å². The molecule has 3 rings (SSSR count). The van der Waals surface area contributed by atoms with E-state index in [4.69, 9.17) is 25.7 Å². The number of hydrogen-bond donors (Lipinski definition) is 2. The molecule has 0 saturated heterocycles. The van der Waals surface area contributed by atoms with E-state index in [0.717, 1.165) is 21.2 Å². The fourth-order valence-electron chi connectivity index (χ4n) is 3.11. The van der Waals surface area contributed by atoms with Crippen LogP contribution in [0, 0.1) is 0 Å². The van der Waals surface area contributed by atoms with Crippen molar-refractivity contribution >= 4 is 27.8 Å². The van der Waals surface area contributed by atoms with Gasteiger partial charge in [-0.2, -0.15) is 0 Å². The molecule has 0 amide bonds. The van der Waals surface area contributed by atoms with Gasteiger partial charge in [-0.05, 0) is 39.7 Å². The maximum Gasteiger partial charge on any atom is 0.196 e. The lowest BCUT2D eigenvalue weighted by atomic mass is 9.83. The molecule has 0 fully saturated rings. The highest BCUT2D eigenvalue weighted by Gasteiger charge is 2.30. The molecule has 2 aromatic rings. The Morgan fingerprint density at radius 2 is 1.92 bits per heavy atom. The summed E-state index contributed by atoms with van der Waals surface area (Å²) in [6.07, 6.45) is 1.71. The minimum absolute atomic E-state index is 0.181. The Hall–Kier alpha value is -2.67. The molecule has 6 nitrogen and oxygen atoms in total. The molecule has 0 bridgehead atoms. The van der Waals surface area contributed by atoms with Gasteiger partial charge in [0.15, 0.2) is 17.4 Å². The maximum atomic E-state index is 6.18. The van der Waals surface area contributed by atoms with Crippen LogP contribution in [0.5, 0.6) is 17.2 Å². The van der Waals surface area contributed by atoms with Crippen LogP contribution in [0.2, 0.25) is 0 Å². The molecule has 0 saturated carbocycles. The third-order valence-electron chi connectivity index (χ3n) is 4.22. The largest absolute Gasteiger partial charge is 0.493 e. The van der Waals surface area contributed by atoms with Crippen LogP contribution in [0.4, 0.5) is 5.69 Å². The molecular weight excluding hydrogens is 398 g/mol. The lowest BCUT2D eigenvalue weighted by Crippen LogP contribution is -2.22. The number of nitrogens with two attached hydrogens (primary N) is 2. The summed E-state index contributed by atoms with van der Waals surface area (Å²) in [5, 5.41) is 0. The molecule has 0 radical (unpaired) electrons. The quantitative estimate of drug-likeness (QED) is 0.586. The summed E-state index contributed by atoms with van der Waals surface area (Å²) in [5.74, 6) is 1.99. The highest BCUT2D eigenvalue weighted by Crippen LogP contribution is 2.46. The molecule has 2 aromatic carbocycles. The summed E-state index contributed by atoms with van der Waals surface area (Å²) in [6, 6.07) is 9.46. The predicted molar refractivity (Wildman–Crippen MR) is 106 cm³/mol. The number of methoxy groups -OCH3 is 2. The van der Waals surface area contributed by atoms with E-state index in [1.165, 1.54) is 0 Å². The minimum Gasteiger partial charge on any atom is -0.493 e. The van der Waals surface area contributed by atoms with Crippen molar-refractivity contribution in [1.29, 1.82) is 0 Å². The first kappa shape index (κ1) is 18.1. The summed E-state index contributed by atoms with van der Waals surface area (Å²) in [6.45, 7) is 0. The molecule has 0 aliphatic carbocycles. The van der Waals surface area contributed by atoms with E-state index >= 15 is 0 Å². The molecule has 136 valence electrons. The van der Waals surface area contributed by atoms with Crippen molar-refractivity contribution in [2.45, 2.75) is 5.92 Å². The van der Waals surface area contributed by atoms with Gasteiger partial charge in [0, 0.05) is 42.1 Å². The van der Waals surface area contributed by atoms with Gasteiger partial charge in [0.25, 0.3) is 0 Å². The van der Waals surface area contributed by atoms with Crippen LogP contribution >= 0.6 is 15.9 Å². The summed E-state index contributed by atoms with van der Waals surface area (Å²) in [4.78, 5) is 4.14. The van der Waals surface area contributed by atoms with Crippen LogP contribution in [0.3, 0.4) is 0 Å². The Morgan fingerprint density at radius 1 is 1.15 bits per heavy atom. The van der Waals surface area contributed by atoms with Crippen molar-refractivity contribution in [2.24, 2.45) is 10.7 Å². The van der Waals surface area contributed by atoms with Gasteiger partial charge in [0.2, 0.25) is 0 Å². The molecule has 1 aliphatic rings. The predicted octanol–water partition coefficient (Wildman–Crippen LogP) is 3.44. The number of halogens is 1. The first-order valence-corrected chi connectivity index (χ1v) is 8.70. The zero-order valence-electron chi connectivity index (χ0n) is 14.7. The lowest BCUT2D eigenvalue weighted by Gasteiger charge is -2.28. The van der Waals surface area contributed by atoms with Crippen LogP contribution in [0.1, 0.15) is 17.0 Å². The van der Waals surface area contributed by atoms with Crippen LogP contribution in [0.15, 0.2) is 51.3 Å². The van der Waals surface area contributed by atoms with E-state index in [9.17, 15) is 0 Å². The molecule has 1 unspecified atom stereocenters. The molecule has 26 heavy (non-hydrogen) atoms. The van der Waals surface area contributed by atoms with Gasteiger partial charge >= 0.3 is 0 Å². The minimum atomic E-state index is -0.181. The van der Waals surface area contributed by atoms with E-state index in [2.05, 4.69) is 20.9 Å². The van der Waals surface area contributed by atoms with Crippen molar-refractivity contribution < 1.29 is 14.2 Å². The number of fused-ring (bicyclic) bond motifs is 1. The molecule has 0 aromatic heterocycles. The third kappa shape index (κ3) is 3.10. The maximum absolute atomic E-state index is 6.18. The van der Waals surface area contributed by atoms with Crippen LogP contribution in [-0.4, -0.2) is 27.5 Å². The average molecular weight is 418 g/mol. The normalized spacial score (nSPS) is 16.4. The van der Waals surface area contributed by atoms with Gasteiger partial charge in [-0.15, -0.1) is 0 Å². The van der Waals surface area contributed by atoms with Crippen molar-refractivity contribution in [3.8, 4) is 17.2 Å². The highest BCUT2D eigenvalue weighted by atomic mass is 79.9. The number of aliphatic imine (C=N–C) groups is 1. The first-order valence-electron chi connectivity index (χ1n) is 7.90.